The molecule has 0 unspecified atom stereocenters. The van der Waals surface area contributed by atoms with E-state index in [9.17, 15) is 0 Å². The largest absolute Gasteiger partial charge is 0.455 e. The topological polar surface area (TPSA) is 144 Å². The Morgan fingerprint density at radius 2 is 0.619 bits per heavy atom. The van der Waals surface area contributed by atoms with Gasteiger partial charge in [-0.05, 0) is 100 Å². The number of hydrogen-bond donors (Lipinski definition) is 0. The van der Waals surface area contributed by atoms with Gasteiger partial charge in [0.05, 0.1) is 48.9 Å². The molecule has 0 aliphatic heterocycles. The lowest BCUT2D eigenvalue weighted by atomic mass is 9.98. The predicted octanol–water partition coefficient (Wildman–Crippen LogP) is 29.1. The van der Waals surface area contributed by atoms with Gasteiger partial charge in [0, 0.05) is 108 Å². The van der Waals surface area contributed by atoms with E-state index >= 15 is 0 Å². The van der Waals surface area contributed by atoms with Crippen LogP contribution in [0.4, 0.5) is 0 Å². The Labute approximate surface area is 723 Å². The molecule has 9 heterocycles. The Hall–Kier alpha value is -16.9. The van der Waals surface area contributed by atoms with Crippen molar-refractivity contribution in [3.63, 3.8) is 0 Å². The summed E-state index contributed by atoms with van der Waals surface area (Å²) in [6, 6.07) is 140. The molecule has 0 saturated heterocycles. The van der Waals surface area contributed by atoms with E-state index in [-0.39, 0.29) is 0 Å². The molecule has 18 aromatic carbocycles. The van der Waals surface area contributed by atoms with Crippen molar-refractivity contribution in [3.05, 3.63) is 406 Å². The highest BCUT2D eigenvalue weighted by Crippen LogP contribution is 2.51. The lowest BCUT2D eigenvalue weighted by Crippen LogP contribution is -2.06. The average Bonchev–Trinajstić information content (AvgIpc) is 1.54. The first kappa shape index (κ1) is 71.9. The maximum Gasteiger partial charge on any atom is 0.238 e. The van der Waals surface area contributed by atoms with Gasteiger partial charge >= 0.3 is 0 Å². The third kappa shape index (κ3) is 11.7. The highest BCUT2D eigenvalue weighted by molar-refractivity contribution is 7.27. The summed E-state index contributed by atoms with van der Waals surface area (Å²) in [6.07, 6.45) is 0. The van der Waals surface area contributed by atoms with Gasteiger partial charge in [-0.25, -0.2) is 29.9 Å². The minimum absolute atomic E-state index is 0.569. The lowest BCUT2D eigenvalue weighted by Gasteiger charge is -2.12. The third-order valence-electron chi connectivity index (χ3n) is 24.3. The SMILES string of the molecule is c1ccc(-c2nc(-c3ccccc3)nc(-c3ccc4c(c3)c3c5ccccc5c5c6ccccc6sc5c3n4-c3ccccc3)n2)cc1.c1ccc(-c2nc(-c3ccccc3)nc(-n3c4ccccc4c4c5oc6ccccc6c5ccc43)n2)cc1.c1ccc(-c2nc(-n3c4ccccc4c4c5ccccc5c5c6ccccc6oc5c43)nc3ccccc23)cc1. The van der Waals surface area contributed by atoms with Crippen LogP contribution in [0.5, 0.6) is 0 Å². The van der Waals surface area contributed by atoms with Crippen LogP contribution in [-0.4, -0.2) is 53.6 Å². The van der Waals surface area contributed by atoms with Crippen molar-refractivity contribution in [2.45, 2.75) is 0 Å². The fourth-order valence-electron chi connectivity index (χ4n) is 18.8. The molecule has 0 fully saturated rings. The van der Waals surface area contributed by atoms with Crippen molar-refractivity contribution in [1.29, 1.82) is 0 Å². The van der Waals surface area contributed by atoms with Crippen LogP contribution >= 0.6 is 11.3 Å². The predicted molar refractivity (Wildman–Crippen MR) is 517 cm³/mol. The van der Waals surface area contributed by atoms with Gasteiger partial charge in [-0.1, -0.05) is 328 Å². The Kier molecular flexibility index (Phi) is 16.8. The summed E-state index contributed by atoms with van der Waals surface area (Å²) < 4.78 is 22.5. The van der Waals surface area contributed by atoms with Gasteiger partial charge in [0.1, 0.15) is 22.3 Å². The molecule has 0 radical (unpaired) electrons. The molecule has 27 rings (SSSR count). The van der Waals surface area contributed by atoms with Gasteiger partial charge in [-0.15, -0.1) is 11.3 Å². The second-order valence-corrected chi connectivity index (χ2v) is 32.5. The molecule has 0 N–H and O–H groups in total. The van der Waals surface area contributed by atoms with E-state index in [0.29, 0.717) is 41.0 Å². The van der Waals surface area contributed by atoms with E-state index in [0.717, 1.165) is 149 Å². The minimum atomic E-state index is 0.569. The quantitative estimate of drug-likeness (QED) is 0.137. The zero-order valence-electron chi connectivity index (χ0n) is 67.3. The van der Waals surface area contributed by atoms with Crippen LogP contribution in [0, 0.1) is 0 Å². The molecule has 27 aromatic rings. The molecule has 0 amide bonds. The van der Waals surface area contributed by atoms with Crippen molar-refractivity contribution in [3.8, 4) is 85.8 Å². The number of aromatic nitrogens is 11. The van der Waals surface area contributed by atoms with E-state index in [1.807, 2.05) is 187 Å². The molecule has 0 saturated carbocycles. The highest BCUT2D eigenvalue weighted by Gasteiger charge is 2.29. The summed E-state index contributed by atoms with van der Waals surface area (Å²) in [7, 11) is 0. The summed E-state index contributed by atoms with van der Waals surface area (Å²) >= 11 is 1.88. The molecule has 9 aromatic heterocycles. The Balaban J connectivity index is 0.000000104. The van der Waals surface area contributed by atoms with E-state index < -0.39 is 0 Å². The lowest BCUT2D eigenvalue weighted by molar-refractivity contribution is 0.671. The summed E-state index contributed by atoms with van der Waals surface area (Å²) in [5.74, 6) is 4.42. The second kappa shape index (κ2) is 29.5. The minimum Gasteiger partial charge on any atom is -0.455 e. The van der Waals surface area contributed by atoms with Gasteiger partial charge in [0.15, 0.2) is 34.7 Å². The molecule has 0 bridgehead atoms. The first-order valence-electron chi connectivity index (χ1n) is 42.0. The zero-order valence-corrected chi connectivity index (χ0v) is 68.1. The van der Waals surface area contributed by atoms with Gasteiger partial charge in [0.25, 0.3) is 0 Å². The van der Waals surface area contributed by atoms with Crippen molar-refractivity contribution in [2.24, 2.45) is 0 Å². The average molecular weight is 1630 g/mol. The first-order valence-corrected chi connectivity index (χ1v) is 42.9. The highest BCUT2D eigenvalue weighted by atomic mass is 32.1. The van der Waals surface area contributed by atoms with Crippen molar-refractivity contribution in [1.82, 2.24) is 53.6 Å². The molecular weight excluding hydrogens is 1560 g/mol. The number of fused-ring (bicyclic) bond motifs is 28. The van der Waals surface area contributed by atoms with E-state index in [4.69, 9.17) is 48.7 Å². The fourth-order valence-corrected chi connectivity index (χ4v) is 20.0. The molecule has 0 atom stereocenters. The molecule has 14 heteroatoms. The molecule has 13 nitrogen and oxygen atoms in total. The van der Waals surface area contributed by atoms with Gasteiger partial charge < -0.3 is 13.4 Å². The first-order chi connectivity index (χ1) is 62.5. The maximum atomic E-state index is 6.69. The standard InChI is InChI=1S/C43H26N4S.C36H21N3O.C33H20N4O/c1-4-14-27(15-5-1)41-44-42(28-16-6-2-7-17-28)46-43(45-41)29-24-25-35-34(26-29)37-31-20-10-11-21-32(31)38-33-22-12-13-23-36(33)48-40(38)39(37)47(35)30-18-8-3-9-19-30;1-2-12-22(13-3-1)33-25-16-6-9-19-28(25)37-36(38-33)39-29-20-10-7-17-26(29)31-23-14-4-5-15-24(23)32-27-18-8-11-21-30(27)40-35(32)34(31)39;1-3-11-21(12-4-1)31-34-32(22-13-5-2-6-14-22)36-33(35-31)37-26-17-9-7-16-25(26)29-27(37)20-19-24-23-15-8-10-18-28(23)38-30(24)29/h1-26H;1-21H;1-20H. The van der Waals surface area contributed by atoms with E-state index in [1.54, 1.807) is 0 Å². The number of benzene rings is 18. The zero-order chi connectivity index (χ0) is 82.9. The third-order valence-corrected chi connectivity index (χ3v) is 25.5. The monoisotopic (exact) mass is 1630 g/mol. The van der Waals surface area contributed by atoms with Crippen LogP contribution < -0.4 is 0 Å². The van der Waals surface area contributed by atoms with Crippen LogP contribution in [-0.2, 0) is 0 Å². The van der Waals surface area contributed by atoms with Crippen LogP contribution in [0.25, 0.3) is 248 Å². The van der Waals surface area contributed by atoms with Crippen molar-refractivity contribution >= 4 is 173 Å². The van der Waals surface area contributed by atoms with Crippen molar-refractivity contribution < 1.29 is 8.83 Å². The smallest absolute Gasteiger partial charge is 0.238 e. The summed E-state index contributed by atoms with van der Waals surface area (Å²) in [4.78, 5) is 40.4. The Bertz CT molecular complexity index is 8930. The Morgan fingerprint density at radius 1 is 0.214 bits per heavy atom. The number of rotatable bonds is 9. The number of nitrogens with zero attached hydrogens (tertiary/aromatic N) is 11. The maximum absolute atomic E-state index is 6.69. The van der Waals surface area contributed by atoms with Crippen LogP contribution in [0.2, 0.25) is 0 Å². The molecule has 0 aliphatic rings. The molecule has 0 spiro atoms. The summed E-state index contributed by atoms with van der Waals surface area (Å²) in [6.45, 7) is 0. The number of furan rings is 2. The number of thiophene rings is 1. The van der Waals surface area contributed by atoms with E-state index in [2.05, 4.69) is 244 Å². The molecule has 126 heavy (non-hydrogen) atoms. The fraction of sp³-hybridized carbons (Fsp3) is 0. The number of hydrogen-bond acceptors (Lipinski definition) is 11. The number of para-hydroxylation sites is 6. The van der Waals surface area contributed by atoms with E-state index in [1.165, 1.54) is 58.0 Å². The Morgan fingerprint density at radius 3 is 1.21 bits per heavy atom. The molecule has 588 valence electrons. The van der Waals surface area contributed by atoms with Gasteiger partial charge in [0.2, 0.25) is 11.9 Å². The van der Waals surface area contributed by atoms with Crippen molar-refractivity contribution in [2.75, 3.05) is 0 Å². The van der Waals surface area contributed by atoms with Crippen LogP contribution in [0.1, 0.15) is 0 Å². The summed E-state index contributed by atoms with van der Waals surface area (Å²) in [5.41, 5.74) is 18.6. The van der Waals surface area contributed by atoms with Gasteiger partial charge in [-0.3, -0.25) is 9.13 Å². The summed E-state index contributed by atoms with van der Waals surface area (Å²) in [5, 5.41) is 19.8. The van der Waals surface area contributed by atoms with Crippen LogP contribution in [0.15, 0.2) is 415 Å². The molecule has 0 aliphatic carbocycles. The molecular formula is C112H67N11O2S. The van der Waals surface area contributed by atoms with Crippen LogP contribution in [0.3, 0.4) is 0 Å². The van der Waals surface area contributed by atoms with Gasteiger partial charge in [-0.2, -0.15) is 9.97 Å². The normalized spacial score (nSPS) is 11.8. The second-order valence-electron chi connectivity index (χ2n) is 31.5.